The maximum absolute atomic E-state index is 12.8. The monoisotopic (exact) mass is 384 g/mol. The normalized spacial score (nSPS) is 26.9. The van der Waals surface area contributed by atoms with Crippen LogP contribution in [0.25, 0.3) is 5.69 Å². The lowest BCUT2D eigenvalue weighted by molar-refractivity contribution is -0.158. The molecule has 1 aromatic carbocycles. The van der Waals surface area contributed by atoms with Crippen LogP contribution in [0.15, 0.2) is 30.5 Å². The molecule has 0 radical (unpaired) electrons. The molecule has 2 aromatic rings. The zero-order chi connectivity index (χ0) is 19.9. The molecule has 8 heteroatoms. The molecule has 1 saturated heterocycles. The quantitative estimate of drug-likeness (QED) is 0.812. The van der Waals surface area contributed by atoms with Gasteiger partial charge in [0.1, 0.15) is 0 Å². The minimum atomic E-state index is -1.03. The molecular weight excluding hydrogens is 360 g/mol. The number of nitrogens with zero attached hydrogens (tertiary/aromatic N) is 4. The Morgan fingerprint density at radius 2 is 2.11 bits per heavy atom. The highest BCUT2D eigenvalue weighted by atomic mass is 16.4. The van der Waals surface area contributed by atoms with Gasteiger partial charge in [0.15, 0.2) is 0 Å². The molecule has 4 rings (SSSR count). The molecule has 1 saturated carbocycles. The first-order chi connectivity index (χ1) is 13.3. The number of amides is 1. The van der Waals surface area contributed by atoms with E-state index in [2.05, 4.69) is 17.2 Å². The SMILES string of the molecule is C[C@H]1CCCN1C(=O)c1cccc(-n2cc(CC3(O)CC(C(=O)O)C3)nn2)c1. The number of aliphatic hydroxyl groups is 1. The Balaban J connectivity index is 1.47. The van der Waals surface area contributed by atoms with Gasteiger partial charge >= 0.3 is 5.97 Å². The molecule has 0 bridgehead atoms. The molecular formula is C20H24N4O4. The number of carbonyl (C=O) groups is 2. The highest BCUT2D eigenvalue weighted by Gasteiger charge is 2.46. The third-order valence-corrected chi connectivity index (χ3v) is 5.82. The van der Waals surface area contributed by atoms with Crippen LogP contribution in [0.5, 0.6) is 0 Å². The predicted molar refractivity (Wildman–Crippen MR) is 100 cm³/mol. The number of carbonyl (C=O) groups excluding carboxylic acids is 1. The average Bonchev–Trinajstić information content (AvgIpc) is 3.28. The summed E-state index contributed by atoms with van der Waals surface area (Å²) in [5.74, 6) is -1.34. The highest BCUT2D eigenvalue weighted by molar-refractivity contribution is 5.95. The molecule has 8 nitrogen and oxygen atoms in total. The summed E-state index contributed by atoms with van der Waals surface area (Å²) < 4.78 is 1.58. The summed E-state index contributed by atoms with van der Waals surface area (Å²) in [4.78, 5) is 25.6. The zero-order valence-electron chi connectivity index (χ0n) is 15.8. The van der Waals surface area contributed by atoms with Gasteiger partial charge in [0.2, 0.25) is 0 Å². The van der Waals surface area contributed by atoms with Crippen LogP contribution in [0.3, 0.4) is 0 Å². The van der Waals surface area contributed by atoms with Crippen molar-refractivity contribution in [3.63, 3.8) is 0 Å². The van der Waals surface area contributed by atoms with Crippen molar-refractivity contribution >= 4 is 11.9 Å². The Morgan fingerprint density at radius 3 is 2.79 bits per heavy atom. The van der Waals surface area contributed by atoms with Crippen LogP contribution in [0.4, 0.5) is 0 Å². The van der Waals surface area contributed by atoms with Crippen LogP contribution < -0.4 is 0 Å². The van der Waals surface area contributed by atoms with Gasteiger partial charge in [0, 0.05) is 24.6 Å². The molecule has 0 unspecified atom stereocenters. The molecule has 0 spiro atoms. The van der Waals surface area contributed by atoms with E-state index in [1.54, 1.807) is 23.0 Å². The van der Waals surface area contributed by atoms with E-state index >= 15 is 0 Å². The van der Waals surface area contributed by atoms with Crippen LogP contribution in [0, 0.1) is 5.92 Å². The highest BCUT2D eigenvalue weighted by Crippen LogP contribution is 2.40. The van der Waals surface area contributed by atoms with E-state index in [-0.39, 0.29) is 31.2 Å². The van der Waals surface area contributed by atoms with Crippen molar-refractivity contribution in [3.8, 4) is 5.69 Å². The lowest BCUT2D eigenvalue weighted by Gasteiger charge is -2.40. The molecule has 1 atom stereocenters. The molecule has 2 N–H and O–H groups in total. The largest absolute Gasteiger partial charge is 0.481 e. The van der Waals surface area contributed by atoms with Crippen molar-refractivity contribution < 1.29 is 19.8 Å². The summed E-state index contributed by atoms with van der Waals surface area (Å²) in [6, 6.07) is 7.53. The van der Waals surface area contributed by atoms with Gasteiger partial charge in [-0.3, -0.25) is 9.59 Å². The van der Waals surface area contributed by atoms with Crippen molar-refractivity contribution in [2.24, 2.45) is 5.92 Å². The summed E-state index contributed by atoms with van der Waals surface area (Å²) in [5.41, 5.74) is 0.898. The van der Waals surface area contributed by atoms with Crippen molar-refractivity contribution in [2.45, 2.75) is 50.7 Å². The van der Waals surface area contributed by atoms with Crippen LogP contribution >= 0.6 is 0 Å². The number of hydrogen-bond donors (Lipinski definition) is 2. The molecule has 2 heterocycles. The van der Waals surface area contributed by atoms with Crippen LogP contribution in [0.2, 0.25) is 0 Å². The minimum Gasteiger partial charge on any atom is -0.481 e. The summed E-state index contributed by atoms with van der Waals surface area (Å²) in [5, 5.41) is 27.6. The summed E-state index contributed by atoms with van der Waals surface area (Å²) in [6.45, 7) is 2.85. The lowest BCUT2D eigenvalue weighted by Crippen LogP contribution is -2.48. The molecule has 1 aliphatic heterocycles. The molecule has 1 aliphatic carbocycles. The van der Waals surface area contributed by atoms with Gasteiger partial charge in [-0.1, -0.05) is 11.3 Å². The number of aliphatic carboxylic acids is 1. The van der Waals surface area contributed by atoms with Crippen molar-refractivity contribution in [1.82, 2.24) is 19.9 Å². The Bertz CT molecular complexity index is 903. The topological polar surface area (TPSA) is 109 Å². The molecule has 28 heavy (non-hydrogen) atoms. The average molecular weight is 384 g/mol. The molecule has 1 aromatic heterocycles. The van der Waals surface area contributed by atoms with Crippen molar-refractivity contribution in [1.29, 1.82) is 0 Å². The molecule has 2 fully saturated rings. The van der Waals surface area contributed by atoms with E-state index in [9.17, 15) is 14.7 Å². The first-order valence-corrected chi connectivity index (χ1v) is 9.62. The first kappa shape index (κ1) is 18.6. The van der Waals surface area contributed by atoms with Crippen LogP contribution in [-0.4, -0.2) is 60.2 Å². The fraction of sp³-hybridized carbons (Fsp3) is 0.500. The standard InChI is InChI=1S/C20H24N4O4/c1-13-4-3-7-23(13)18(25)14-5-2-6-17(8-14)24-12-16(21-22-24)11-20(28)9-15(10-20)19(26)27/h2,5-6,8,12-13,15,28H,3-4,7,9-11H2,1H3,(H,26,27)/t13-,15?,20?/m0/s1. The summed E-state index contributed by atoms with van der Waals surface area (Å²) in [6.07, 6.45) is 4.50. The van der Waals surface area contributed by atoms with E-state index in [4.69, 9.17) is 5.11 Å². The Morgan fingerprint density at radius 1 is 1.32 bits per heavy atom. The number of benzene rings is 1. The van der Waals surface area contributed by atoms with E-state index < -0.39 is 17.5 Å². The van der Waals surface area contributed by atoms with Gasteiger partial charge in [0.25, 0.3) is 5.91 Å². The number of likely N-dealkylation sites (tertiary alicyclic amines) is 1. The van der Waals surface area contributed by atoms with Crippen molar-refractivity contribution in [2.75, 3.05) is 6.54 Å². The summed E-state index contributed by atoms with van der Waals surface area (Å²) in [7, 11) is 0. The van der Waals surface area contributed by atoms with E-state index in [0.717, 1.165) is 25.1 Å². The molecule has 148 valence electrons. The van der Waals surface area contributed by atoms with Gasteiger partial charge in [-0.05, 0) is 50.8 Å². The Kier molecular flexibility index (Phi) is 4.66. The number of carboxylic acid groups (broad SMARTS) is 1. The van der Waals surface area contributed by atoms with Gasteiger partial charge in [-0.2, -0.15) is 0 Å². The Labute approximate surface area is 162 Å². The van der Waals surface area contributed by atoms with E-state index in [1.807, 2.05) is 17.0 Å². The smallest absolute Gasteiger partial charge is 0.306 e. The maximum atomic E-state index is 12.8. The second-order valence-electron chi connectivity index (χ2n) is 8.04. The van der Waals surface area contributed by atoms with Gasteiger partial charge in [0.05, 0.1) is 29.1 Å². The second-order valence-corrected chi connectivity index (χ2v) is 8.04. The van der Waals surface area contributed by atoms with Crippen LogP contribution in [0.1, 0.15) is 48.7 Å². The lowest BCUT2D eigenvalue weighted by atomic mass is 9.69. The van der Waals surface area contributed by atoms with E-state index in [0.29, 0.717) is 11.3 Å². The summed E-state index contributed by atoms with van der Waals surface area (Å²) >= 11 is 0. The minimum absolute atomic E-state index is 0.0238. The second kappa shape index (κ2) is 7.01. The fourth-order valence-corrected chi connectivity index (χ4v) is 4.20. The molecule has 1 amide bonds. The fourth-order valence-electron chi connectivity index (χ4n) is 4.20. The first-order valence-electron chi connectivity index (χ1n) is 9.62. The Hall–Kier alpha value is -2.74. The maximum Gasteiger partial charge on any atom is 0.306 e. The zero-order valence-corrected chi connectivity index (χ0v) is 15.8. The van der Waals surface area contributed by atoms with Crippen molar-refractivity contribution in [3.05, 3.63) is 41.7 Å². The van der Waals surface area contributed by atoms with Gasteiger partial charge < -0.3 is 15.1 Å². The number of aromatic nitrogens is 3. The van der Waals surface area contributed by atoms with Crippen LogP contribution in [-0.2, 0) is 11.2 Å². The molecule has 2 aliphatic rings. The third kappa shape index (κ3) is 3.52. The predicted octanol–water partition coefficient (Wildman–Crippen LogP) is 1.66. The number of hydrogen-bond acceptors (Lipinski definition) is 5. The van der Waals surface area contributed by atoms with Gasteiger partial charge in [-0.15, -0.1) is 5.10 Å². The number of rotatable bonds is 5. The number of carboxylic acids is 1. The third-order valence-electron chi connectivity index (χ3n) is 5.82. The van der Waals surface area contributed by atoms with Gasteiger partial charge in [-0.25, -0.2) is 4.68 Å². The van der Waals surface area contributed by atoms with E-state index in [1.165, 1.54) is 0 Å².